The molecule has 1 fully saturated rings. The Balaban J connectivity index is 2.15. The average Bonchev–Trinajstić information content (AvgIpc) is 2.81. The third-order valence-corrected chi connectivity index (χ3v) is 4.02. The van der Waals surface area contributed by atoms with Gasteiger partial charge in [-0.2, -0.15) is 0 Å². The van der Waals surface area contributed by atoms with Crippen LogP contribution in [0, 0.1) is 6.92 Å². The molecule has 1 aromatic carbocycles. The lowest BCUT2D eigenvalue weighted by Gasteiger charge is -1.95. The van der Waals surface area contributed by atoms with Crippen LogP contribution in [0.3, 0.4) is 0 Å². The first-order valence-corrected chi connectivity index (χ1v) is 6.70. The molecule has 0 bridgehead atoms. The monoisotopic (exact) mass is 274 g/mol. The third-order valence-electron chi connectivity index (χ3n) is 2.86. The van der Waals surface area contributed by atoms with Crippen LogP contribution in [0.5, 0.6) is 0 Å². The summed E-state index contributed by atoms with van der Waals surface area (Å²) >= 11 is 6.29. The van der Waals surface area contributed by atoms with E-state index in [1.807, 2.05) is 37.3 Å². The Kier molecular flexibility index (Phi) is 2.72. The van der Waals surface area contributed by atoms with E-state index in [0.29, 0.717) is 9.23 Å². The Bertz CT molecular complexity index is 700. The number of H-pyrrole nitrogens is 1. The molecule has 18 heavy (non-hydrogen) atoms. The van der Waals surface area contributed by atoms with Crippen LogP contribution < -0.4 is 5.32 Å². The van der Waals surface area contributed by atoms with Crippen LogP contribution in [-0.2, 0) is 4.79 Å². The van der Waals surface area contributed by atoms with E-state index in [1.54, 1.807) is 0 Å². The molecule has 1 aliphatic heterocycles. The van der Waals surface area contributed by atoms with Crippen LogP contribution in [-0.4, -0.2) is 15.2 Å². The van der Waals surface area contributed by atoms with Crippen molar-refractivity contribution >= 4 is 51.2 Å². The summed E-state index contributed by atoms with van der Waals surface area (Å²) < 4.78 is 0.517. The Morgan fingerprint density at radius 3 is 2.83 bits per heavy atom. The Labute approximate surface area is 114 Å². The Hall–Kier alpha value is -1.59. The van der Waals surface area contributed by atoms with Gasteiger partial charge >= 0.3 is 0 Å². The molecule has 0 atom stereocenters. The van der Waals surface area contributed by atoms with Crippen LogP contribution in [0.2, 0.25) is 0 Å². The zero-order chi connectivity index (χ0) is 12.7. The van der Waals surface area contributed by atoms with Crippen molar-refractivity contribution in [3.63, 3.8) is 0 Å². The van der Waals surface area contributed by atoms with E-state index in [4.69, 9.17) is 12.2 Å². The lowest BCUT2D eigenvalue weighted by molar-refractivity contribution is -0.115. The number of thiocarbonyl (C=S) groups is 1. The summed E-state index contributed by atoms with van der Waals surface area (Å²) in [4.78, 5) is 15.6. The molecule has 0 aliphatic carbocycles. The molecule has 2 aromatic rings. The second-order valence-electron chi connectivity index (χ2n) is 4.06. The van der Waals surface area contributed by atoms with Gasteiger partial charge < -0.3 is 10.3 Å². The summed E-state index contributed by atoms with van der Waals surface area (Å²) in [7, 11) is 0. The van der Waals surface area contributed by atoms with Crippen molar-refractivity contribution < 1.29 is 4.79 Å². The van der Waals surface area contributed by atoms with Crippen LogP contribution in [0.25, 0.3) is 17.0 Å². The number of aryl methyl sites for hydroxylation is 1. The van der Waals surface area contributed by atoms with E-state index in [0.717, 1.165) is 22.2 Å². The smallest absolute Gasteiger partial charge is 0.263 e. The fourth-order valence-electron chi connectivity index (χ4n) is 2.04. The van der Waals surface area contributed by atoms with Crippen LogP contribution >= 0.6 is 24.0 Å². The number of benzene rings is 1. The Morgan fingerprint density at radius 2 is 2.11 bits per heavy atom. The number of rotatable bonds is 1. The van der Waals surface area contributed by atoms with E-state index in [1.165, 1.54) is 11.8 Å². The molecule has 1 amide bonds. The minimum absolute atomic E-state index is 0.116. The number of fused-ring (bicyclic) bond motifs is 1. The molecule has 3 nitrogen and oxygen atoms in total. The van der Waals surface area contributed by atoms with Crippen molar-refractivity contribution in [2.75, 3.05) is 0 Å². The standard InChI is InChI=1S/C13H10N2OS2/c1-7-9(6-11-12(16)15-13(17)18-11)8-4-2-3-5-10(8)14-7/h2-6,14H,1H3,(H,15,16,17). The maximum absolute atomic E-state index is 11.7. The minimum atomic E-state index is -0.116. The third kappa shape index (κ3) is 1.85. The van der Waals surface area contributed by atoms with Gasteiger partial charge in [0.15, 0.2) is 0 Å². The largest absolute Gasteiger partial charge is 0.358 e. The fraction of sp³-hybridized carbons (Fsp3) is 0.0769. The van der Waals surface area contributed by atoms with Crippen molar-refractivity contribution in [2.45, 2.75) is 6.92 Å². The maximum atomic E-state index is 11.7. The molecule has 1 aliphatic rings. The second-order valence-corrected chi connectivity index (χ2v) is 5.78. The first-order valence-electron chi connectivity index (χ1n) is 5.47. The maximum Gasteiger partial charge on any atom is 0.263 e. The number of nitrogens with one attached hydrogen (secondary N) is 2. The van der Waals surface area contributed by atoms with Gasteiger partial charge in [-0.15, -0.1) is 0 Å². The lowest BCUT2D eigenvalue weighted by Crippen LogP contribution is -2.17. The fourth-order valence-corrected chi connectivity index (χ4v) is 3.06. The van der Waals surface area contributed by atoms with Crippen LogP contribution in [0.15, 0.2) is 29.2 Å². The van der Waals surface area contributed by atoms with Crippen LogP contribution in [0.4, 0.5) is 0 Å². The number of carbonyl (C=O) groups excluding carboxylic acids is 1. The highest BCUT2D eigenvalue weighted by molar-refractivity contribution is 8.26. The molecule has 90 valence electrons. The Morgan fingerprint density at radius 1 is 1.33 bits per heavy atom. The van der Waals surface area contributed by atoms with Crippen molar-refractivity contribution in [1.82, 2.24) is 10.3 Å². The molecule has 2 heterocycles. The molecular weight excluding hydrogens is 264 g/mol. The second kappa shape index (κ2) is 4.26. The summed E-state index contributed by atoms with van der Waals surface area (Å²) in [6, 6.07) is 8.05. The number of hydrogen-bond acceptors (Lipinski definition) is 3. The van der Waals surface area contributed by atoms with Gasteiger partial charge in [-0.1, -0.05) is 42.2 Å². The topological polar surface area (TPSA) is 44.9 Å². The van der Waals surface area contributed by atoms with Gasteiger partial charge in [-0.05, 0) is 19.1 Å². The lowest BCUT2D eigenvalue weighted by atomic mass is 10.1. The van der Waals surface area contributed by atoms with E-state index in [2.05, 4.69) is 10.3 Å². The van der Waals surface area contributed by atoms with Gasteiger partial charge in [0.2, 0.25) is 0 Å². The molecule has 1 saturated heterocycles. The van der Waals surface area contributed by atoms with Gasteiger partial charge in [0.1, 0.15) is 4.32 Å². The quantitative estimate of drug-likeness (QED) is 0.621. The van der Waals surface area contributed by atoms with Crippen molar-refractivity contribution in [3.05, 3.63) is 40.4 Å². The first-order chi connectivity index (χ1) is 8.65. The summed E-state index contributed by atoms with van der Waals surface area (Å²) in [6.45, 7) is 2.00. The van der Waals surface area contributed by atoms with Gasteiger partial charge in [0, 0.05) is 22.2 Å². The number of carbonyl (C=O) groups is 1. The predicted molar refractivity (Wildman–Crippen MR) is 79.3 cm³/mol. The molecule has 3 rings (SSSR count). The van der Waals surface area contributed by atoms with E-state index in [-0.39, 0.29) is 5.91 Å². The molecule has 1 aromatic heterocycles. The van der Waals surface area contributed by atoms with E-state index in [9.17, 15) is 4.79 Å². The molecule has 0 saturated carbocycles. The number of aromatic amines is 1. The number of amides is 1. The highest BCUT2D eigenvalue weighted by Gasteiger charge is 2.22. The summed E-state index contributed by atoms with van der Waals surface area (Å²) in [5, 5.41) is 3.74. The zero-order valence-corrected chi connectivity index (χ0v) is 11.2. The van der Waals surface area contributed by atoms with E-state index >= 15 is 0 Å². The van der Waals surface area contributed by atoms with Gasteiger partial charge in [0.25, 0.3) is 5.91 Å². The highest BCUT2D eigenvalue weighted by atomic mass is 32.2. The molecule has 0 spiro atoms. The van der Waals surface area contributed by atoms with E-state index < -0.39 is 0 Å². The summed E-state index contributed by atoms with van der Waals surface area (Å²) in [6.07, 6.45) is 1.90. The molecule has 0 unspecified atom stereocenters. The summed E-state index contributed by atoms with van der Waals surface area (Å²) in [5.74, 6) is -0.116. The molecule has 2 N–H and O–H groups in total. The van der Waals surface area contributed by atoms with Crippen molar-refractivity contribution in [3.8, 4) is 0 Å². The number of aromatic nitrogens is 1. The molecule has 0 radical (unpaired) electrons. The van der Waals surface area contributed by atoms with Gasteiger partial charge in [-0.3, -0.25) is 4.79 Å². The number of para-hydroxylation sites is 1. The number of thioether (sulfide) groups is 1. The highest BCUT2D eigenvalue weighted by Crippen LogP contribution is 2.30. The normalized spacial score (nSPS) is 17.7. The predicted octanol–water partition coefficient (Wildman–Crippen LogP) is 2.97. The molecule has 5 heteroatoms. The summed E-state index contributed by atoms with van der Waals surface area (Å²) in [5.41, 5.74) is 3.18. The zero-order valence-electron chi connectivity index (χ0n) is 9.61. The average molecular weight is 274 g/mol. The molecular formula is C13H10N2OS2. The van der Waals surface area contributed by atoms with Crippen LogP contribution in [0.1, 0.15) is 11.3 Å². The van der Waals surface area contributed by atoms with Crippen molar-refractivity contribution in [1.29, 1.82) is 0 Å². The SMILES string of the molecule is Cc1[nH]c2ccccc2c1C=C1SC(=S)NC1=O. The minimum Gasteiger partial charge on any atom is -0.358 e. The van der Waals surface area contributed by atoms with Crippen molar-refractivity contribution in [2.24, 2.45) is 0 Å². The first kappa shape index (κ1) is 11.5. The van der Waals surface area contributed by atoms with Gasteiger partial charge in [-0.25, -0.2) is 0 Å². The van der Waals surface area contributed by atoms with Gasteiger partial charge in [0.05, 0.1) is 4.91 Å². The number of hydrogen-bond donors (Lipinski definition) is 2.